The minimum atomic E-state index is -1.62. The summed E-state index contributed by atoms with van der Waals surface area (Å²) >= 11 is 0. The number of carbonyl (C=O) groups excluding carboxylic acids is 2. The number of rotatable bonds is 60. The zero-order valence-corrected chi connectivity index (χ0v) is 52.5. The Labute approximate surface area is 492 Å². The van der Waals surface area contributed by atoms with E-state index in [9.17, 15) is 35.1 Å². The lowest BCUT2D eigenvalue weighted by Crippen LogP contribution is -2.61. The number of esters is 1. The number of carbonyl (C=O) groups is 2. The maximum atomic E-state index is 13.5. The largest absolute Gasteiger partial charge is 0.454 e. The van der Waals surface area contributed by atoms with Gasteiger partial charge in [0.1, 0.15) is 24.4 Å². The average molecular weight is 1130 g/mol. The third kappa shape index (κ3) is 44.6. The van der Waals surface area contributed by atoms with Crippen LogP contribution in [-0.2, 0) is 23.8 Å². The second-order valence-electron chi connectivity index (χ2n) is 24.3. The van der Waals surface area contributed by atoms with Crippen LogP contribution < -0.4 is 5.32 Å². The average Bonchev–Trinajstić information content (AvgIpc) is 3.53. The summed E-state index contributed by atoms with van der Waals surface area (Å²) in [5.74, 6) is -1.19. The van der Waals surface area contributed by atoms with E-state index < -0.39 is 67.4 Å². The van der Waals surface area contributed by atoms with Crippen molar-refractivity contribution in [3.05, 3.63) is 24.3 Å². The number of ether oxygens (including phenoxy) is 3. The molecule has 8 unspecified atom stereocenters. The molecule has 1 aliphatic heterocycles. The predicted molar refractivity (Wildman–Crippen MR) is 334 cm³/mol. The van der Waals surface area contributed by atoms with Gasteiger partial charge < -0.3 is 45.1 Å². The van der Waals surface area contributed by atoms with Crippen molar-refractivity contribution in [1.29, 1.82) is 0 Å². The standard InChI is InChI=1S/C69H131NO10/c1-4-7-10-13-16-19-22-25-27-28-29-30-31-32-33-34-35-36-38-41-44-47-50-53-56-62(73)68(77)70-60(61(72)55-52-49-46-43-40-37-24-21-18-15-12-9-6-3)59-78-69-67(66(76)65(75)63(58-71)79-69)80-64(74)57-54-51-48-45-42-39-26-23-20-17-14-11-8-5-2/h39,42,52,55,60-63,65-67,69,71-73,75-76H,4-38,40-41,43-51,53-54,56-59H2,1-3H3,(H,70,77)/b42-39-,55-52+. The third-order valence-corrected chi connectivity index (χ3v) is 16.6. The molecule has 6 N–H and O–H groups in total. The highest BCUT2D eigenvalue weighted by Gasteiger charge is 2.47. The van der Waals surface area contributed by atoms with E-state index in [1.54, 1.807) is 6.08 Å². The monoisotopic (exact) mass is 1130 g/mol. The maximum Gasteiger partial charge on any atom is 0.306 e. The number of hydrogen-bond donors (Lipinski definition) is 6. The summed E-state index contributed by atoms with van der Waals surface area (Å²) in [6.45, 7) is 5.83. The molecule has 0 aromatic carbocycles. The van der Waals surface area contributed by atoms with Gasteiger partial charge >= 0.3 is 5.97 Å². The van der Waals surface area contributed by atoms with Crippen molar-refractivity contribution >= 4 is 11.9 Å². The van der Waals surface area contributed by atoms with Gasteiger partial charge in [-0.3, -0.25) is 9.59 Å². The molecule has 472 valence electrons. The summed E-state index contributed by atoms with van der Waals surface area (Å²) in [7, 11) is 0. The minimum absolute atomic E-state index is 0.107. The Morgan fingerprint density at radius 2 is 0.825 bits per heavy atom. The van der Waals surface area contributed by atoms with Gasteiger partial charge in [0, 0.05) is 6.42 Å². The lowest BCUT2D eigenvalue weighted by Gasteiger charge is -2.41. The van der Waals surface area contributed by atoms with Crippen LogP contribution in [0.5, 0.6) is 0 Å². The number of allylic oxidation sites excluding steroid dienone is 3. The Kier molecular flexibility index (Phi) is 54.8. The topological polar surface area (TPSA) is 175 Å². The summed E-state index contributed by atoms with van der Waals surface area (Å²) in [6, 6.07) is -1.02. The highest BCUT2D eigenvalue weighted by Crippen LogP contribution is 2.26. The van der Waals surface area contributed by atoms with Gasteiger partial charge in [0.15, 0.2) is 12.4 Å². The van der Waals surface area contributed by atoms with Crippen LogP contribution in [0.25, 0.3) is 0 Å². The van der Waals surface area contributed by atoms with Crippen LogP contribution >= 0.6 is 0 Å². The van der Waals surface area contributed by atoms with Gasteiger partial charge in [-0.2, -0.15) is 0 Å². The van der Waals surface area contributed by atoms with E-state index >= 15 is 0 Å². The fraction of sp³-hybridized carbons (Fsp3) is 0.913. The Morgan fingerprint density at radius 3 is 1.21 bits per heavy atom. The van der Waals surface area contributed by atoms with Gasteiger partial charge in [0.05, 0.1) is 25.4 Å². The van der Waals surface area contributed by atoms with Crippen molar-refractivity contribution in [2.45, 2.75) is 391 Å². The molecule has 80 heavy (non-hydrogen) atoms. The lowest BCUT2D eigenvalue weighted by molar-refractivity contribution is -0.305. The fourth-order valence-electron chi connectivity index (χ4n) is 11.1. The smallest absolute Gasteiger partial charge is 0.306 e. The number of unbranched alkanes of at least 4 members (excludes halogenated alkanes) is 44. The molecule has 11 nitrogen and oxygen atoms in total. The van der Waals surface area contributed by atoms with E-state index in [0.29, 0.717) is 19.3 Å². The maximum absolute atomic E-state index is 13.5. The summed E-state index contributed by atoms with van der Waals surface area (Å²) in [5.41, 5.74) is 0. The molecule has 0 spiro atoms. The molecule has 1 amide bonds. The van der Waals surface area contributed by atoms with Gasteiger partial charge in [-0.15, -0.1) is 0 Å². The Balaban J connectivity index is 2.58. The van der Waals surface area contributed by atoms with Crippen molar-refractivity contribution < 1.29 is 49.3 Å². The van der Waals surface area contributed by atoms with Crippen molar-refractivity contribution in [3.63, 3.8) is 0 Å². The third-order valence-electron chi connectivity index (χ3n) is 16.6. The van der Waals surface area contributed by atoms with E-state index in [0.717, 1.165) is 64.2 Å². The Bertz CT molecular complexity index is 1400. The molecule has 0 aromatic heterocycles. The molecule has 1 rings (SSSR count). The van der Waals surface area contributed by atoms with Crippen molar-refractivity contribution in [1.82, 2.24) is 5.32 Å². The van der Waals surface area contributed by atoms with Gasteiger partial charge in [0.2, 0.25) is 5.91 Å². The van der Waals surface area contributed by atoms with E-state index in [-0.39, 0.29) is 13.0 Å². The minimum Gasteiger partial charge on any atom is -0.454 e. The van der Waals surface area contributed by atoms with Crippen molar-refractivity contribution in [2.24, 2.45) is 0 Å². The van der Waals surface area contributed by atoms with Gasteiger partial charge in [-0.05, 0) is 51.4 Å². The highest BCUT2D eigenvalue weighted by molar-refractivity contribution is 5.80. The molecule has 0 radical (unpaired) electrons. The number of nitrogens with one attached hydrogen (secondary N) is 1. The first-order chi connectivity index (χ1) is 39.2. The first-order valence-electron chi connectivity index (χ1n) is 34.6. The second-order valence-corrected chi connectivity index (χ2v) is 24.3. The molecule has 11 heteroatoms. The lowest BCUT2D eigenvalue weighted by atomic mass is 9.99. The molecule has 1 fully saturated rings. The van der Waals surface area contributed by atoms with E-state index in [2.05, 4.69) is 38.2 Å². The van der Waals surface area contributed by atoms with Gasteiger partial charge in [0.25, 0.3) is 0 Å². The second kappa shape index (κ2) is 57.6. The number of hydrogen-bond acceptors (Lipinski definition) is 10. The number of aliphatic hydroxyl groups is 5. The molecule has 0 aromatic rings. The SMILES string of the molecule is CCCCCCCCC/C=C\CCCCCC(=O)OC1C(OCC(NC(=O)C(O)CCCCCCCCCCCCCCCCCCCCCCCCCC)C(O)/C=C/CCCCCCCCCCCCC)OC(CO)C(O)C1O. The van der Waals surface area contributed by atoms with Gasteiger partial charge in [-0.25, -0.2) is 0 Å². The molecular weight excluding hydrogens is 1000 g/mol. The number of amides is 1. The van der Waals surface area contributed by atoms with Crippen molar-refractivity contribution in [3.8, 4) is 0 Å². The summed E-state index contributed by atoms with van der Waals surface area (Å²) in [4.78, 5) is 26.6. The summed E-state index contributed by atoms with van der Waals surface area (Å²) < 4.78 is 17.6. The number of aliphatic hydroxyl groups excluding tert-OH is 5. The first-order valence-corrected chi connectivity index (χ1v) is 34.6. The normalized spacial score (nSPS) is 18.8. The highest BCUT2D eigenvalue weighted by atomic mass is 16.7. The molecular formula is C69H131NO10. The Hall–Kier alpha value is -1.86. The molecule has 8 atom stereocenters. The van der Waals surface area contributed by atoms with E-state index in [4.69, 9.17) is 14.2 Å². The van der Waals surface area contributed by atoms with Crippen molar-refractivity contribution in [2.75, 3.05) is 13.2 Å². The summed E-state index contributed by atoms with van der Waals surface area (Å²) in [6.07, 6.45) is 58.0. The van der Waals surface area contributed by atoms with Crippen LogP contribution in [0.2, 0.25) is 0 Å². The van der Waals surface area contributed by atoms with Crippen LogP contribution in [0.1, 0.15) is 342 Å². The Morgan fingerprint density at radius 1 is 0.475 bits per heavy atom. The molecule has 0 saturated carbocycles. The zero-order chi connectivity index (χ0) is 58.2. The van der Waals surface area contributed by atoms with E-state index in [1.807, 2.05) is 6.08 Å². The predicted octanol–water partition coefficient (Wildman–Crippen LogP) is 17.2. The molecule has 1 aliphatic rings. The quantitative estimate of drug-likeness (QED) is 0.0195. The molecule has 1 heterocycles. The summed E-state index contributed by atoms with van der Waals surface area (Å²) in [5, 5.41) is 57.1. The van der Waals surface area contributed by atoms with E-state index in [1.165, 1.54) is 231 Å². The van der Waals surface area contributed by atoms with Crippen LogP contribution in [0, 0.1) is 0 Å². The molecule has 1 saturated heterocycles. The van der Waals surface area contributed by atoms with Crippen LogP contribution in [-0.4, -0.2) is 99.6 Å². The van der Waals surface area contributed by atoms with Gasteiger partial charge in [-0.1, -0.05) is 308 Å². The first kappa shape index (κ1) is 76.2. The molecule has 0 bridgehead atoms. The van der Waals surface area contributed by atoms with Crippen LogP contribution in [0.4, 0.5) is 0 Å². The zero-order valence-electron chi connectivity index (χ0n) is 52.5. The molecule has 0 aliphatic carbocycles. The van der Waals surface area contributed by atoms with Crippen LogP contribution in [0.3, 0.4) is 0 Å². The fourth-order valence-corrected chi connectivity index (χ4v) is 11.1. The van der Waals surface area contributed by atoms with Crippen LogP contribution in [0.15, 0.2) is 24.3 Å².